The molecule has 0 aliphatic carbocycles. The largest absolute Gasteiger partial charge is 0.329 e. The highest BCUT2D eigenvalue weighted by Gasteiger charge is 2.10. The Balaban J connectivity index is 2.78. The molecular formula is C12H16BrClN2. The Labute approximate surface area is 110 Å². The topological polar surface area (TPSA) is 38.0 Å². The maximum Gasteiger partial charge on any atom is 0.0551 e. The number of nitrogens with two attached hydrogens (primary N) is 1. The summed E-state index contributed by atoms with van der Waals surface area (Å²) in [6, 6.07) is 5.98. The lowest BCUT2D eigenvalue weighted by molar-refractivity contribution is 0.569. The fourth-order valence-electron chi connectivity index (χ4n) is 1.36. The molecule has 0 spiro atoms. The van der Waals surface area contributed by atoms with Gasteiger partial charge in [-0.25, -0.2) is 0 Å². The minimum atomic E-state index is 0.113. The van der Waals surface area contributed by atoms with E-state index in [0.29, 0.717) is 11.6 Å². The fraction of sp³-hybridized carbons (Fsp3) is 0.333. The highest BCUT2D eigenvalue weighted by Crippen LogP contribution is 2.25. The van der Waals surface area contributed by atoms with Gasteiger partial charge in [0.1, 0.15) is 0 Å². The predicted molar refractivity (Wildman–Crippen MR) is 73.8 cm³/mol. The Bertz CT molecular complexity index is 379. The molecule has 3 N–H and O–H groups in total. The second-order valence-corrected chi connectivity index (χ2v) is 5.06. The van der Waals surface area contributed by atoms with Crippen molar-refractivity contribution in [2.24, 2.45) is 5.73 Å². The van der Waals surface area contributed by atoms with Crippen LogP contribution in [0.25, 0.3) is 0 Å². The summed E-state index contributed by atoms with van der Waals surface area (Å²) in [6.07, 6.45) is 0. The van der Waals surface area contributed by atoms with E-state index < -0.39 is 0 Å². The van der Waals surface area contributed by atoms with Gasteiger partial charge in [-0.3, -0.25) is 0 Å². The van der Waals surface area contributed by atoms with Gasteiger partial charge in [0.2, 0.25) is 0 Å². The molecule has 1 rings (SSSR count). The third-order valence-electron chi connectivity index (χ3n) is 2.23. The molecule has 0 aromatic heterocycles. The first-order valence-corrected chi connectivity index (χ1v) is 6.24. The first-order chi connectivity index (χ1) is 7.54. The van der Waals surface area contributed by atoms with E-state index >= 15 is 0 Å². The van der Waals surface area contributed by atoms with Crippen molar-refractivity contribution in [3.8, 4) is 0 Å². The summed E-state index contributed by atoms with van der Waals surface area (Å²) in [7, 11) is 0. The maximum atomic E-state index is 6.04. The van der Waals surface area contributed by atoms with Gasteiger partial charge in [0.15, 0.2) is 0 Å². The Morgan fingerprint density at radius 3 is 2.81 bits per heavy atom. The van der Waals surface area contributed by atoms with Crippen LogP contribution in [0.1, 0.15) is 18.5 Å². The van der Waals surface area contributed by atoms with Gasteiger partial charge in [-0.1, -0.05) is 29.8 Å². The first-order valence-electron chi connectivity index (χ1n) is 5.07. The van der Waals surface area contributed by atoms with E-state index in [0.717, 1.165) is 22.2 Å². The molecule has 16 heavy (non-hydrogen) atoms. The average Bonchev–Trinajstić information content (AvgIpc) is 2.23. The standard InChI is InChI=1S/C12H16BrClN2/c1-8(2)7-16-12(6-15)9-3-4-10(13)11(14)5-9/h3-5,12,16H,1,6-7,15H2,2H3. The number of benzene rings is 1. The lowest BCUT2D eigenvalue weighted by atomic mass is 10.1. The molecule has 2 nitrogen and oxygen atoms in total. The van der Waals surface area contributed by atoms with Crippen molar-refractivity contribution in [2.45, 2.75) is 13.0 Å². The quantitative estimate of drug-likeness (QED) is 0.819. The van der Waals surface area contributed by atoms with Gasteiger partial charge in [0.05, 0.1) is 5.02 Å². The van der Waals surface area contributed by atoms with Crippen molar-refractivity contribution < 1.29 is 0 Å². The van der Waals surface area contributed by atoms with Crippen molar-refractivity contribution in [3.63, 3.8) is 0 Å². The maximum absolute atomic E-state index is 6.04. The molecule has 4 heteroatoms. The lowest BCUT2D eigenvalue weighted by Gasteiger charge is -2.17. The van der Waals surface area contributed by atoms with E-state index in [1.807, 2.05) is 25.1 Å². The van der Waals surface area contributed by atoms with Gasteiger partial charge < -0.3 is 11.1 Å². The molecule has 0 heterocycles. The van der Waals surface area contributed by atoms with Crippen LogP contribution in [0.4, 0.5) is 0 Å². The van der Waals surface area contributed by atoms with Gasteiger partial charge in [-0.05, 0) is 40.5 Å². The number of hydrogen-bond acceptors (Lipinski definition) is 2. The molecule has 88 valence electrons. The highest BCUT2D eigenvalue weighted by molar-refractivity contribution is 9.10. The average molecular weight is 304 g/mol. The van der Waals surface area contributed by atoms with Crippen LogP contribution in [0, 0.1) is 0 Å². The monoisotopic (exact) mass is 302 g/mol. The first kappa shape index (κ1) is 13.7. The third-order valence-corrected chi connectivity index (χ3v) is 3.46. The second kappa shape index (κ2) is 6.40. The van der Waals surface area contributed by atoms with Gasteiger partial charge in [0, 0.05) is 23.6 Å². The Morgan fingerprint density at radius 2 is 2.31 bits per heavy atom. The van der Waals surface area contributed by atoms with Crippen LogP contribution in [0.5, 0.6) is 0 Å². The van der Waals surface area contributed by atoms with E-state index in [2.05, 4.69) is 27.8 Å². The van der Waals surface area contributed by atoms with Crippen LogP contribution in [0.15, 0.2) is 34.8 Å². The smallest absolute Gasteiger partial charge is 0.0551 e. The molecule has 0 aliphatic heterocycles. The van der Waals surface area contributed by atoms with E-state index in [-0.39, 0.29) is 6.04 Å². The number of hydrogen-bond donors (Lipinski definition) is 2. The van der Waals surface area contributed by atoms with Gasteiger partial charge >= 0.3 is 0 Å². The number of halogens is 2. The predicted octanol–water partition coefficient (Wildman–Crippen LogP) is 3.27. The van der Waals surface area contributed by atoms with Crippen LogP contribution in [0.2, 0.25) is 5.02 Å². The summed E-state index contributed by atoms with van der Waals surface area (Å²) < 4.78 is 0.897. The molecular weight excluding hydrogens is 288 g/mol. The van der Waals surface area contributed by atoms with Crippen LogP contribution >= 0.6 is 27.5 Å². The Hall–Kier alpha value is -0.350. The van der Waals surface area contributed by atoms with Gasteiger partial charge in [-0.15, -0.1) is 0 Å². The molecule has 0 bridgehead atoms. The molecule has 0 radical (unpaired) electrons. The van der Waals surface area contributed by atoms with Crippen molar-refractivity contribution in [1.29, 1.82) is 0 Å². The number of nitrogens with one attached hydrogen (secondary N) is 1. The lowest BCUT2D eigenvalue weighted by Crippen LogP contribution is -2.29. The van der Waals surface area contributed by atoms with Gasteiger partial charge in [0.25, 0.3) is 0 Å². The third kappa shape index (κ3) is 3.91. The van der Waals surface area contributed by atoms with E-state index in [1.165, 1.54) is 0 Å². The summed E-state index contributed by atoms with van der Waals surface area (Å²) in [4.78, 5) is 0. The molecule has 1 aromatic rings. The molecule has 0 aliphatic rings. The molecule has 0 saturated carbocycles. The van der Waals surface area contributed by atoms with Crippen molar-refractivity contribution in [2.75, 3.05) is 13.1 Å². The highest BCUT2D eigenvalue weighted by atomic mass is 79.9. The minimum Gasteiger partial charge on any atom is -0.329 e. The minimum absolute atomic E-state index is 0.113. The van der Waals surface area contributed by atoms with Crippen molar-refractivity contribution in [3.05, 3.63) is 45.4 Å². The van der Waals surface area contributed by atoms with E-state index in [9.17, 15) is 0 Å². The zero-order valence-electron chi connectivity index (χ0n) is 9.26. The van der Waals surface area contributed by atoms with Crippen molar-refractivity contribution >= 4 is 27.5 Å². The second-order valence-electron chi connectivity index (χ2n) is 3.80. The Kier molecular flexibility index (Phi) is 5.49. The van der Waals surface area contributed by atoms with E-state index in [4.69, 9.17) is 17.3 Å². The molecule has 0 amide bonds. The van der Waals surface area contributed by atoms with E-state index in [1.54, 1.807) is 0 Å². The molecule has 0 saturated heterocycles. The normalized spacial score (nSPS) is 12.5. The van der Waals surface area contributed by atoms with Crippen LogP contribution in [-0.2, 0) is 0 Å². The summed E-state index contributed by atoms with van der Waals surface area (Å²) >= 11 is 9.41. The zero-order valence-corrected chi connectivity index (χ0v) is 11.6. The summed E-state index contributed by atoms with van der Waals surface area (Å²) in [5.74, 6) is 0. The van der Waals surface area contributed by atoms with Crippen LogP contribution in [-0.4, -0.2) is 13.1 Å². The number of rotatable bonds is 5. The van der Waals surface area contributed by atoms with Crippen molar-refractivity contribution in [1.82, 2.24) is 5.32 Å². The summed E-state index contributed by atoms with van der Waals surface area (Å²) in [6.45, 7) is 7.12. The zero-order chi connectivity index (χ0) is 12.1. The summed E-state index contributed by atoms with van der Waals surface area (Å²) in [5.41, 5.74) is 7.91. The SMILES string of the molecule is C=C(C)CNC(CN)c1ccc(Br)c(Cl)c1. The molecule has 0 fully saturated rings. The molecule has 1 unspecified atom stereocenters. The molecule has 1 aromatic carbocycles. The molecule has 1 atom stereocenters. The van der Waals surface area contributed by atoms with Gasteiger partial charge in [-0.2, -0.15) is 0 Å². The van der Waals surface area contributed by atoms with Crippen LogP contribution < -0.4 is 11.1 Å². The summed E-state index contributed by atoms with van der Waals surface area (Å²) in [5, 5.41) is 4.04. The van der Waals surface area contributed by atoms with Crippen LogP contribution in [0.3, 0.4) is 0 Å². The Morgan fingerprint density at radius 1 is 1.62 bits per heavy atom. The fourth-order valence-corrected chi connectivity index (χ4v) is 1.80.